The Balaban J connectivity index is 1.64. The molecule has 4 rings (SSSR count). The third kappa shape index (κ3) is 2.40. The van der Waals surface area contributed by atoms with Crippen LogP contribution in [0.15, 0.2) is 46.9 Å². The average molecular weight is 371 g/mol. The van der Waals surface area contributed by atoms with Crippen LogP contribution in [0.25, 0.3) is 0 Å². The SMILES string of the molecule is O=C1c2ccccc2C(=O)N1C[C@@H]1NCCc2cc(Br)ccc21. The van der Waals surface area contributed by atoms with Crippen molar-refractivity contribution < 1.29 is 9.59 Å². The summed E-state index contributed by atoms with van der Waals surface area (Å²) in [5.41, 5.74) is 3.43. The molecule has 0 bridgehead atoms. The van der Waals surface area contributed by atoms with Crippen molar-refractivity contribution in [3.05, 3.63) is 69.2 Å². The summed E-state index contributed by atoms with van der Waals surface area (Å²) in [7, 11) is 0. The minimum Gasteiger partial charge on any atom is -0.308 e. The van der Waals surface area contributed by atoms with Crippen LogP contribution in [-0.4, -0.2) is 29.8 Å². The van der Waals surface area contributed by atoms with Gasteiger partial charge in [0.1, 0.15) is 0 Å². The van der Waals surface area contributed by atoms with Gasteiger partial charge < -0.3 is 5.32 Å². The number of nitrogens with one attached hydrogen (secondary N) is 1. The first kappa shape index (κ1) is 14.6. The number of carbonyl (C=O) groups excluding carboxylic acids is 2. The fraction of sp³-hybridized carbons (Fsp3) is 0.222. The Hall–Kier alpha value is -1.98. The molecule has 2 heterocycles. The first-order valence-electron chi connectivity index (χ1n) is 7.62. The van der Waals surface area contributed by atoms with Gasteiger partial charge in [-0.2, -0.15) is 0 Å². The van der Waals surface area contributed by atoms with E-state index in [1.807, 2.05) is 6.07 Å². The van der Waals surface area contributed by atoms with Crippen molar-refractivity contribution in [2.75, 3.05) is 13.1 Å². The minimum atomic E-state index is -0.198. The second-order valence-electron chi connectivity index (χ2n) is 5.87. The molecule has 2 aromatic rings. The van der Waals surface area contributed by atoms with Gasteiger partial charge in [0.15, 0.2) is 0 Å². The largest absolute Gasteiger partial charge is 0.308 e. The quantitative estimate of drug-likeness (QED) is 0.826. The van der Waals surface area contributed by atoms with Gasteiger partial charge in [0.05, 0.1) is 17.2 Å². The zero-order valence-corrected chi connectivity index (χ0v) is 14.0. The molecular formula is C18H15BrN2O2. The molecule has 0 aromatic heterocycles. The van der Waals surface area contributed by atoms with Crippen LogP contribution in [0, 0.1) is 0 Å². The number of rotatable bonds is 2. The molecule has 0 aliphatic carbocycles. The van der Waals surface area contributed by atoms with Crippen molar-refractivity contribution in [2.45, 2.75) is 12.5 Å². The Kier molecular flexibility index (Phi) is 3.54. The maximum Gasteiger partial charge on any atom is 0.261 e. The maximum absolute atomic E-state index is 12.5. The number of benzene rings is 2. The molecule has 0 unspecified atom stereocenters. The van der Waals surface area contributed by atoms with Crippen molar-refractivity contribution in [2.24, 2.45) is 0 Å². The second kappa shape index (κ2) is 5.58. The molecule has 23 heavy (non-hydrogen) atoms. The van der Waals surface area contributed by atoms with E-state index in [0.717, 1.165) is 23.0 Å². The summed E-state index contributed by atoms with van der Waals surface area (Å²) >= 11 is 3.50. The smallest absolute Gasteiger partial charge is 0.261 e. The summed E-state index contributed by atoms with van der Waals surface area (Å²) < 4.78 is 1.05. The Bertz CT molecular complexity index is 783. The number of hydrogen-bond donors (Lipinski definition) is 1. The Morgan fingerprint density at radius 2 is 1.78 bits per heavy atom. The molecule has 0 saturated heterocycles. The van der Waals surface area contributed by atoms with Crippen molar-refractivity contribution >= 4 is 27.7 Å². The normalized spacial score (nSPS) is 19.7. The van der Waals surface area contributed by atoms with Gasteiger partial charge in [-0.1, -0.05) is 34.1 Å². The topological polar surface area (TPSA) is 49.4 Å². The Morgan fingerprint density at radius 3 is 2.48 bits per heavy atom. The summed E-state index contributed by atoms with van der Waals surface area (Å²) in [4.78, 5) is 26.4. The van der Waals surface area contributed by atoms with Gasteiger partial charge in [0.2, 0.25) is 0 Å². The molecule has 1 N–H and O–H groups in total. The zero-order chi connectivity index (χ0) is 16.0. The summed E-state index contributed by atoms with van der Waals surface area (Å²) in [6.45, 7) is 1.21. The fourth-order valence-corrected chi connectivity index (χ4v) is 3.78. The van der Waals surface area contributed by atoms with Crippen LogP contribution in [0.1, 0.15) is 37.9 Å². The summed E-state index contributed by atoms with van der Waals surface area (Å²) in [5, 5.41) is 3.43. The van der Waals surface area contributed by atoms with Gasteiger partial charge in [-0.3, -0.25) is 14.5 Å². The van der Waals surface area contributed by atoms with E-state index in [9.17, 15) is 9.59 Å². The average Bonchev–Trinajstić information content (AvgIpc) is 2.80. The fourth-order valence-electron chi connectivity index (χ4n) is 3.37. The molecule has 0 radical (unpaired) electrons. The van der Waals surface area contributed by atoms with Gasteiger partial charge >= 0.3 is 0 Å². The lowest BCUT2D eigenvalue weighted by atomic mass is 9.94. The van der Waals surface area contributed by atoms with E-state index in [0.29, 0.717) is 17.7 Å². The molecule has 4 nitrogen and oxygen atoms in total. The van der Waals surface area contributed by atoms with Gasteiger partial charge in [-0.25, -0.2) is 0 Å². The van der Waals surface area contributed by atoms with Crippen LogP contribution in [0.5, 0.6) is 0 Å². The maximum atomic E-state index is 12.5. The number of nitrogens with zero attached hydrogens (tertiary/aromatic N) is 1. The molecule has 2 aliphatic heterocycles. The molecule has 0 saturated carbocycles. The first-order chi connectivity index (χ1) is 11.1. The highest BCUT2D eigenvalue weighted by Gasteiger charge is 2.37. The summed E-state index contributed by atoms with van der Waals surface area (Å²) in [6.07, 6.45) is 0.952. The van der Waals surface area contributed by atoms with E-state index in [2.05, 4.69) is 33.4 Å². The number of imide groups is 1. The zero-order valence-electron chi connectivity index (χ0n) is 12.4. The second-order valence-corrected chi connectivity index (χ2v) is 6.78. The molecule has 2 aromatic carbocycles. The van der Waals surface area contributed by atoms with Crippen molar-refractivity contribution in [1.82, 2.24) is 10.2 Å². The molecule has 0 fully saturated rings. The van der Waals surface area contributed by atoms with E-state index in [-0.39, 0.29) is 17.9 Å². The molecule has 5 heteroatoms. The standard InChI is InChI=1S/C18H15BrN2O2/c19-12-5-6-13-11(9-12)7-8-20-16(13)10-21-17(22)14-3-1-2-4-15(14)18(21)23/h1-6,9,16,20H,7-8,10H2/t16-/m0/s1. The van der Waals surface area contributed by atoms with Gasteiger partial charge in [-0.15, -0.1) is 0 Å². The molecule has 2 aliphatic rings. The third-order valence-electron chi connectivity index (χ3n) is 4.51. The van der Waals surface area contributed by atoms with Crippen LogP contribution in [0.3, 0.4) is 0 Å². The minimum absolute atomic E-state index is 0.0194. The van der Waals surface area contributed by atoms with Gasteiger partial charge in [0.25, 0.3) is 11.8 Å². The monoisotopic (exact) mass is 370 g/mol. The lowest BCUT2D eigenvalue weighted by molar-refractivity contribution is 0.0637. The van der Waals surface area contributed by atoms with Crippen LogP contribution in [0.2, 0.25) is 0 Å². The highest BCUT2D eigenvalue weighted by Crippen LogP contribution is 2.29. The van der Waals surface area contributed by atoms with Gasteiger partial charge in [0, 0.05) is 11.0 Å². The summed E-state index contributed by atoms with van der Waals surface area (Å²) in [5.74, 6) is -0.395. The molecular weight excluding hydrogens is 356 g/mol. The third-order valence-corrected chi connectivity index (χ3v) is 5.00. The highest BCUT2D eigenvalue weighted by atomic mass is 79.9. The molecule has 1 atom stereocenters. The number of hydrogen-bond acceptors (Lipinski definition) is 3. The predicted molar refractivity (Wildman–Crippen MR) is 90.4 cm³/mol. The van der Waals surface area contributed by atoms with Crippen molar-refractivity contribution in [3.63, 3.8) is 0 Å². The van der Waals surface area contributed by atoms with Crippen LogP contribution in [0.4, 0.5) is 0 Å². The lowest BCUT2D eigenvalue weighted by Gasteiger charge is -2.29. The number of fused-ring (bicyclic) bond motifs is 2. The predicted octanol–water partition coefficient (Wildman–Crippen LogP) is 2.93. The first-order valence-corrected chi connectivity index (χ1v) is 8.41. The van der Waals surface area contributed by atoms with E-state index < -0.39 is 0 Å². The van der Waals surface area contributed by atoms with E-state index in [1.54, 1.807) is 24.3 Å². The van der Waals surface area contributed by atoms with Gasteiger partial charge in [-0.05, 0) is 48.4 Å². The van der Waals surface area contributed by atoms with Crippen LogP contribution >= 0.6 is 15.9 Å². The lowest BCUT2D eigenvalue weighted by Crippen LogP contribution is -2.41. The van der Waals surface area contributed by atoms with Crippen molar-refractivity contribution in [1.29, 1.82) is 0 Å². The number of carbonyl (C=O) groups is 2. The van der Waals surface area contributed by atoms with E-state index in [4.69, 9.17) is 0 Å². The van der Waals surface area contributed by atoms with Crippen LogP contribution < -0.4 is 5.32 Å². The van der Waals surface area contributed by atoms with E-state index in [1.165, 1.54) is 10.5 Å². The van der Waals surface area contributed by atoms with Crippen molar-refractivity contribution in [3.8, 4) is 0 Å². The molecule has 2 amide bonds. The highest BCUT2D eigenvalue weighted by molar-refractivity contribution is 9.10. The van der Waals surface area contributed by atoms with E-state index >= 15 is 0 Å². The molecule has 116 valence electrons. The number of halogens is 1. The Labute approximate surface area is 142 Å². The van der Waals surface area contributed by atoms with Crippen LogP contribution in [-0.2, 0) is 6.42 Å². The molecule has 0 spiro atoms. The number of amides is 2. The summed E-state index contributed by atoms with van der Waals surface area (Å²) in [6, 6.07) is 13.2. The Morgan fingerprint density at radius 1 is 1.09 bits per heavy atom.